The molecule has 0 unspecified atom stereocenters. The number of furan rings is 1. The Morgan fingerprint density at radius 1 is 0.364 bits per heavy atom. The van der Waals surface area contributed by atoms with E-state index in [0.717, 1.165) is 55.5 Å². The van der Waals surface area contributed by atoms with Gasteiger partial charge in [-0.25, -0.2) is 0 Å². The van der Waals surface area contributed by atoms with E-state index in [4.69, 9.17) is 4.42 Å². The SMILES string of the molecule is CC1(C)c2ccccc2-c2ccc(-c3cccc(N(c4ccccc4-c4cccc5c4-c4ccccc4C5(C)C)c4ccccc4-c4cccc5oc6c7ccccc7ccc6c45)c3)cc21. The molecule has 314 valence electrons. The fourth-order valence-electron chi connectivity index (χ4n) is 11.7. The van der Waals surface area contributed by atoms with Crippen LogP contribution in [0.5, 0.6) is 0 Å². The molecule has 0 N–H and O–H groups in total. The molecule has 0 spiro atoms. The second kappa shape index (κ2) is 14.3. The molecule has 11 aromatic rings. The molecule has 2 heteroatoms. The first-order valence-corrected chi connectivity index (χ1v) is 23.2. The van der Waals surface area contributed by atoms with Crippen LogP contribution >= 0.6 is 0 Å². The van der Waals surface area contributed by atoms with Crippen LogP contribution in [0.4, 0.5) is 17.1 Å². The predicted octanol–water partition coefficient (Wildman–Crippen LogP) is 17.8. The molecule has 0 bridgehead atoms. The van der Waals surface area contributed by atoms with Gasteiger partial charge in [-0.3, -0.25) is 0 Å². The molecule has 1 heterocycles. The smallest absolute Gasteiger partial charge is 0.143 e. The maximum absolute atomic E-state index is 6.78. The molecule has 13 rings (SSSR count). The molecule has 2 aliphatic rings. The number of para-hydroxylation sites is 2. The summed E-state index contributed by atoms with van der Waals surface area (Å²) in [5, 5.41) is 4.53. The van der Waals surface area contributed by atoms with Gasteiger partial charge >= 0.3 is 0 Å². The molecule has 2 nitrogen and oxygen atoms in total. The largest absolute Gasteiger partial charge is 0.455 e. The van der Waals surface area contributed by atoms with Gasteiger partial charge in [0.2, 0.25) is 0 Å². The molecule has 2 aliphatic carbocycles. The molecule has 0 amide bonds. The van der Waals surface area contributed by atoms with E-state index in [-0.39, 0.29) is 10.8 Å². The zero-order chi connectivity index (χ0) is 44.3. The Hall–Kier alpha value is -7.94. The summed E-state index contributed by atoms with van der Waals surface area (Å²) in [6.45, 7) is 9.45. The lowest BCUT2D eigenvalue weighted by atomic mass is 9.81. The summed E-state index contributed by atoms with van der Waals surface area (Å²) < 4.78 is 6.78. The van der Waals surface area contributed by atoms with Gasteiger partial charge in [0.15, 0.2) is 0 Å². The van der Waals surface area contributed by atoms with Gasteiger partial charge in [-0.1, -0.05) is 198 Å². The lowest BCUT2D eigenvalue weighted by molar-refractivity contribution is 0.660. The van der Waals surface area contributed by atoms with Crippen molar-refractivity contribution in [3.63, 3.8) is 0 Å². The summed E-state index contributed by atoms with van der Waals surface area (Å²) in [4.78, 5) is 2.50. The van der Waals surface area contributed by atoms with Crippen LogP contribution in [0, 0.1) is 0 Å². The number of anilines is 3. The molecule has 66 heavy (non-hydrogen) atoms. The fraction of sp³-hybridized carbons (Fsp3) is 0.0938. The quantitative estimate of drug-likeness (QED) is 0.166. The number of nitrogens with zero attached hydrogens (tertiary/aromatic N) is 1. The van der Waals surface area contributed by atoms with Crippen LogP contribution in [-0.2, 0) is 10.8 Å². The van der Waals surface area contributed by atoms with Crippen molar-refractivity contribution in [1.29, 1.82) is 0 Å². The van der Waals surface area contributed by atoms with Crippen molar-refractivity contribution < 1.29 is 4.42 Å². The van der Waals surface area contributed by atoms with Crippen molar-refractivity contribution in [2.45, 2.75) is 38.5 Å². The Morgan fingerprint density at radius 3 is 1.73 bits per heavy atom. The average molecular weight is 846 g/mol. The zero-order valence-electron chi connectivity index (χ0n) is 37.6. The highest BCUT2D eigenvalue weighted by Gasteiger charge is 2.38. The lowest BCUT2D eigenvalue weighted by Gasteiger charge is -2.31. The first-order valence-electron chi connectivity index (χ1n) is 23.2. The van der Waals surface area contributed by atoms with Crippen LogP contribution in [0.15, 0.2) is 217 Å². The number of rotatable bonds is 6. The molecule has 0 saturated carbocycles. The first kappa shape index (κ1) is 38.5. The number of fused-ring (bicyclic) bond motifs is 11. The monoisotopic (exact) mass is 845 g/mol. The van der Waals surface area contributed by atoms with Crippen molar-refractivity contribution in [3.05, 3.63) is 235 Å². The molecule has 0 atom stereocenters. The van der Waals surface area contributed by atoms with E-state index in [1.54, 1.807) is 0 Å². The summed E-state index contributed by atoms with van der Waals surface area (Å²) in [6, 6.07) is 78.4. The minimum Gasteiger partial charge on any atom is -0.455 e. The van der Waals surface area contributed by atoms with E-state index in [1.807, 2.05) is 0 Å². The summed E-state index contributed by atoms with van der Waals surface area (Å²) in [5.74, 6) is 0. The molecule has 1 aromatic heterocycles. The Kier molecular flexibility index (Phi) is 8.33. The van der Waals surface area contributed by atoms with E-state index in [2.05, 4.69) is 245 Å². The molecule has 0 fully saturated rings. The van der Waals surface area contributed by atoms with E-state index in [0.29, 0.717) is 0 Å². The fourth-order valence-corrected chi connectivity index (χ4v) is 11.7. The van der Waals surface area contributed by atoms with E-state index in [1.165, 1.54) is 72.1 Å². The Labute approximate surface area is 386 Å². The Bertz CT molecular complexity index is 3790. The third kappa shape index (κ3) is 5.55. The third-order valence-electron chi connectivity index (χ3n) is 14.9. The molecule has 0 aliphatic heterocycles. The van der Waals surface area contributed by atoms with Crippen LogP contribution in [0.3, 0.4) is 0 Å². The Morgan fingerprint density at radius 2 is 0.924 bits per heavy atom. The van der Waals surface area contributed by atoms with Crippen molar-refractivity contribution in [2.75, 3.05) is 4.90 Å². The van der Waals surface area contributed by atoms with Crippen LogP contribution < -0.4 is 4.90 Å². The molecule has 0 radical (unpaired) electrons. The van der Waals surface area contributed by atoms with Gasteiger partial charge < -0.3 is 9.32 Å². The summed E-state index contributed by atoms with van der Waals surface area (Å²) in [6.07, 6.45) is 0. The normalized spacial score (nSPS) is 14.0. The highest BCUT2D eigenvalue weighted by Crippen LogP contribution is 2.55. The second-order valence-corrected chi connectivity index (χ2v) is 19.2. The number of hydrogen-bond acceptors (Lipinski definition) is 2. The highest BCUT2D eigenvalue weighted by atomic mass is 16.3. The van der Waals surface area contributed by atoms with Crippen molar-refractivity contribution in [1.82, 2.24) is 0 Å². The maximum atomic E-state index is 6.78. The molecule has 10 aromatic carbocycles. The average Bonchev–Trinajstić information content (AvgIpc) is 3.95. The van der Waals surface area contributed by atoms with Crippen molar-refractivity contribution >= 4 is 49.8 Å². The summed E-state index contributed by atoms with van der Waals surface area (Å²) in [7, 11) is 0. The third-order valence-corrected chi connectivity index (χ3v) is 14.9. The standard InChI is InChI=1S/C64H47NO/c1-63(2)54-29-12-8-25-51(54)60-49(26-16-30-55(60)63)47-23-9-13-31-57(47)65(43-20-15-19-41(38-43)42-35-36-46-45-22-7-11-28-53(45)64(3,4)56(46)39-42)58-32-14-10-24-48(58)50-27-17-33-59-61(50)52-37-34-40-18-5-6-21-44(40)62(52)66-59/h5-39H,1-4H3. The van der Waals surface area contributed by atoms with E-state index < -0.39 is 0 Å². The van der Waals surface area contributed by atoms with Crippen LogP contribution in [0.1, 0.15) is 49.9 Å². The molecular weight excluding hydrogens is 799 g/mol. The van der Waals surface area contributed by atoms with E-state index >= 15 is 0 Å². The highest BCUT2D eigenvalue weighted by molar-refractivity contribution is 6.20. The zero-order valence-corrected chi connectivity index (χ0v) is 37.6. The van der Waals surface area contributed by atoms with Crippen LogP contribution in [-0.4, -0.2) is 0 Å². The summed E-state index contributed by atoms with van der Waals surface area (Å²) in [5.41, 5.74) is 22.7. The molecular formula is C64H47NO. The van der Waals surface area contributed by atoms with Gasteiger partial charge in [0.05, 0.1) is 11.4 Å². The van der Waals surface area contributed by atoms with Crippen LogP contribution in [0.25, 0.3) is 88.3 Å². The minimum absolute atomic E-state index is 0.100. The first-order chi connectivity index (χ1) is 32.3. The van der Waals surface area contributed by atoms with Gasteiger partial charge in [-0.05, 0) is 115 Å². The molecule has 0 saturated heterocycles. The van der Waals surface area contributed by atoms with Gasteiger partial charge in [0, 0.05) is 43.8 Å². The topological polar surface area (TPSA) is 16.4 Å². The number of hydrogen-bond donors (Lipinski definition) is 0. The lowest BCUT2D eigenvalue weighted by Crippen LogP contribution is -2.15. The van der Waals surface area contributed by atoms with Gasteiger partial charge in [-0.2, -0.15) is 0 Å². The number of benzene rings is 10. The van der Waals surface area contributed by atoms with Gasteiger partial charge in [0.25, 0.3) is 0 Å². The second-order valence-electron chi connectivity index (χ2n) is 19.2. The predicted molar refractivity (Wildman–Crippen MR) is 277 cm³/mol. The van der Waals surface area contributed by atoms with Crippen molar-refractivity contribution in [2.24, 2.45) is 0 Å². The van der Waals surface area contributed by atoms with Crippen molar-refractivity contribution in [3.8, 4) is 55.6 Å². The summed E-state index contributed by atoms with van der Waals surface area (Å²) >= 11 is 0. The Balaban J connectivity index is 1.05. The van der Waals surface area contributed by atoms with Gasteiger partial charge in [0.1, 0.15) is 11.2 Å². The van der Waals surface area contributed by atoms with Gasteiger partial charge in [-0.15, -0.1) is 0 Å². The minimum atomic E-state index is -0.124. The maximum Gasteiger partial charge on any atom is 0.143 e. The van der Waals surface area contributed by atoms with E-state index in [9.17, 15) is 0 Å². The van der Waals surface area contributed by atoms with Crippen LogP contribution in [0.2, 0.25) is 0 Å².